The number of fused-ring (bicyclic) bond motifs is 1. The van der Waals surface area contributed by atoms with Gasteiger partial charge in [-0.2, -0.15) is 0 Å². The van der Waals surface area contributed by atoms with Crippen LogP contribution in [0, 0.1) is 6.92 Å². The Balaban J connectivity index is 1.43. The summed E-state index contributed by atoms with van der Waals surface area (Å²) >= 11 is 0. The minimum absolute atomic E-state index is 0.182. The van der Waals surface area contributed by atoms with Crippen molar-refractivity contribution >= 4 is 11.7 Å². The first-order valence-electron chi connectivity index (χ1n) is 8.30. The van der Waals surface area contributed by atoms with Gasteiger partial charge in [-0.3, -0.25) is 9.36 Å². The van der Waals surface area contributed by atoms with Gasteiger partial charge >= 0.3 is 0 Å². The number of nitrogens with zero attached hydrogens (tertiary/aromatic N) is 4. The number of aromatic nitrogens is 4. The van der Waals surface area contributed by atoms with E-state index in [9.17, 15) is 4.79 Å². The van der Waals surface area contributed by atoms with Crippen LogP contribution in [0.25, 0.3) is 5.82 Å². The zero-order valence-electron chi connectivity index (χ0n) is 14.7. The standard InChI is InChI=1S/C18H17N5O4/c1-11(27-13-3-4-14-15(7-13)26-10-25-14)18(24)22-16-8-17(21-9-20-16)23-6-5-19-12(23)2/h3-9,11H,10H2,1-2H3,(H,20,21,22,24). The van der Waals surface area contributed by atoms with Gasteiger partial charge in [0.1, 0.15) is 29.5 Å². The first-order chi connectivity index (χ1) is 13.1. The van der Waals surface area contributed by atoms with E-state index in [0.717, 1.165) is 5.82 Å². The van der Waals surface area contributed by atoms with Gasteiger partial charge < -0.3 is 19.5 Å². The Labute approximate surface area is 154 Å². The van der Waals surface area contributed by atoms with Crippen molar-refractivity contribution in [3.05, 3.63) is 48.8 Å². The van der Waals surface area contributed by atoms with Gasteiger partial charge in [0.15, 0.2) is 17.6 Å². The molecule has 1 aromatic carbocycles. The number of amides is 1. The van der Waals surface area contributed by atoms with Gasteiger partial charge in [0.05, 0.1) is 0 Å². The van der Waals surface area contributed by atoms with Crippen molar-refractivity contribution in [1.29, 1.82) is 0 Å². The zero-order chi connectivity index (χ0) is 18.8. The highest BCUT2D eigenvalue weighted by molar-refractivity contribution is 5.93. The molecule has 1 amide bonds. The number of aryl methyl sites for hydroxylation is 1. The molecule has 0 aliphatic carbocycles. The molecule has 138 valence electrons. The van der Waals surface area contributed by atoms with Gasteiger partial charge in [0.2, 0.25) is 6.79 Å². The average molecular weight is 367 g/mol. The fraction of sp³-hybridized carbons (Fsp3) is 0.222. The molecular formula is C18H17N5O4. The molecule has 1 aliphatic rings. The Morgan fingerprint density at radius 3 is 2.89 bits per heavy atom. The summed E-state index contributed by atoms with van der Waals surface area (Å²) in [4.78, 5) is 24.9. The summed E-state index contributed by atoms with van der Waals surface area (Å²) in [7, 11) is 0. The van der Waals surface area contributed by atoms with Crippen molar-refractivity contribution in [3.8, 4) is 23.1 Å². The van der Waals surface area contributed by atoms with Crippen LogP contribution in [-0.4, -0.2) is 38.3 Å². The smallest absolute Gasteiger partial charge is 0.266 e. The number of hydrogen-bond donors (Lipinski definition) is 1. The molecule has 27 heavy (non-hydrogen) atoms. The van der Waals surface area contributed by atoms with E-state index in [0.29, 0.717) is 28.9 Å². The molecule has 3 aromatic rings. The maximum absolute atomic E-state index is 12.4. The first kappa shape index (κ1) is 16.8. The summed E-state index contributed by atoms with van der Waals surface area (Å²) in [5.74, 6) is 3.20. The van der Waals surface area contributed by atoms with E-state index >= 15 is 0 Å². The summed E-state index contributed by atoms with van der Waals surface area (Å²) in [6.45, 7) is 3.70. The van der Waals surface area contributed by atoms with E-state index in [1.165, 1.54) is 6.33 Å². The van der Waals surface area contributed by atoms with Crippen LogP contribution in [0.5, 0.6) is 17.2 Å². The number of imidazole rings is 1. The Morgan fingerprint density at radius 2 is 2.07 bits per heavy atom. The van der Waals surface area contributed by atoms with Crippen LogP contribution in [0.15, 0.2) is 43.0 Å². The van der Waals surface area contributed by atoms with Crippen LogP contribution < -0.4 is 19.5 Å². The van der Waals surface area contributed by atoms with Gasteiger partial charge in [0, 0.05) is 24.5 Å². The van der Waals surface area contributed by atoms with Gasteiger partial charge in [-0.25, -0.2) is 15.0 Å². The lowest BCUT2D eigenvalue weighted by Gasteiger charge is -2.15. The van der Waals surface area contributed by atoms with Crippen LogP contribution in [0.4, 0.5) is 5.82 Å². The molecule has 1 unspecified atom stereocenters. The lowest BCUT2D eigenvalue weighted by atomic mass is 10.3. The summed E-state index contributed by atoms with van der Waals surface area (Å²) in [6, 6.07) is 6.82. The second-order valence-corrected chi connectivity index (χ2v) is 5.87. The largest absolute Gasteiger partial charge is 0.481 e. The molecule has 1 atom stereocenters. The zero-order valence-corrected chi connectivity index (χ0v) is 14.7. The van der Waals surface area contributed by atoms with Crippen molar-refractivity contribution in [2.24, 2.45) is 0 Å². The molecule has 1 aliphatic heterocycles. The molecule has 0 bridgehead atoms. The molecule has 9 nitrogen and oxygen atoms in total. The number of carbonyl (C=O) groups is 1. The second-order valence-electron chi connectivity index (χ2n) is 5.87. The highest BCUT2D eigenvalue weighted by atomic mass is 16.7. The van der Waals surface area contributed by atoms with Crippen LogP contribution in [0.2, 0.25) is 0 Å². The predicted molar refractivity (Wildman–Crippen MR) is 95.2 cm³/mol. The van der Waals surface area contributed by atoms with Gasteiger partial charge in [0.25, 0.3) is 5.91 Å². The van der Waals surface area contributed by atoms with E-state index in [4.69, 9.17) is 14.2 Å². The van der Waals surface area contributed by atoms with Crippen LogP contribution in [0.3, 0.4) is 0 Å². The van der Waals surface area contributed by atoms with Crippen molar-refractivity contribution < 1.29 is 19.0 Å². The summed E-state index contributed by atoms with van der Waals surface area (Å²) < 4.78 is 18.0. The molecule has 0 saturated heterocycles. The third-order valence-electron chi connectivity index (χ3n) is 4.00. The average Bonchev–Trinajstić information content (AvgIpc) is 3.30. The van der Waals surface area contributed by atoms with Crippen LogP contribution in [-0.2, 0) is 4.79 Å². The Kier molecular flexibility index (Phi) is 4.33. The topological polar surface area (TPSA) is 100 Å². The number of nitrogens with one attached hydrogen (secondary N) is 1. The maximum atomic E-state index is 12.4. The van der Waals surface area contributed by atoms with Gasteiger partial charge in [-0.1, -0.05) is 0 Å². The van der Waals surface area contributed by atoms with Crippen molar-refractivity contribution in [3.63, 3.8) is 0 Å². The molecule has 0 fully saturated rings. The fourth-order valence-electron chi connectivity index (χ4n) is 2.60. The van der Waals surface area contributed by atoms with Gasteiger partial charge in [-0.05, 0) is 26.0 Å². The van der Waals surface area contributed by atoms with Crippen molar-refractivity contribution in [2.75, 3.05) is 12.1 Å². The third-order valence-corrected chi connectivity index (χ3v) is 4.00. The number of rotatable bonds is 5. The van der Waals surface area contributed by atoms with E-state index in [2.05, 4.69) is 20.3 Å². The highest BCUT2D eigenvalue weighted by Gasteiger charge is 2.19. The molecule has 3 heterocycles. The number of benzene rings is 1. The third kappa shape index (κ3) is 3.52. The molecule has 1 N–H and O–H groups in total. The Morgan fingerprint density at radius 1 is 1.22 bits per heavy atom. The minimum atomic E-state index is -0.737. The van der Waals surface area contributed by atoms with E-state index in [-0.39, 0.29) is 12.7 Å². The molecular weight excluding hydrogens is 350 g/mol. The maximum Gasteiger partial charge on any atom is 0.266 e. The Hall–Kier alpha value is -3.62. The van der Waals surface area contributed by atoms with Crippen molar-refractivity contribution in [1.82, 2.24) is 19.5 Å². The number of ether oxygens (including phenoxy) is 3. The lowest BCUT2D eigenvalue weighted by Crippen LogP contribution is -2.30. The van der Waals surface area contributed by atoms with Crippen molar-refractivity contribution in [2.45, 2.75) is 20.0 Å². The number of carbonyl (C=O) groups excluding carboxylic acids is 1. The predicted octanol–water partition coefficient (Wildman–Crippen LogP) is 2.11. The molecule has 0 saturated carbocycles. The van der Waals surface area contributed by atoms with E-state index < -0.39 is 6.10 Å². The van der Waals surface area contributed by atoms with Gasteiger partial charge in [-0.15, -0.1) is 0 Å². The monoisotopic (exact) mass is 367 g/mol. The van der Waals surface area contributed by atoms with Crippen LogP contribution in [0.1, 0.15) is 12.7 Å². The first-order valence-corrected chi connectivity index (χ1v) is 8.30. The number of hydrogen-bond acceptors (Lipinski definition) is 7. The normalized spacial score (nSPS) is 13.3. The van der Waals surface area contributed by atoms with E-state index in [1.807, 2.05) is 6.92 Å². The SMILES string of the molecule is Cc1nccn1-c1cc(NC(=O)C(C)Oc2ccc3c(c2)OCO3)ncn1. The van der Waals surface area contributed by atoms with E-state index in [1.54, 1.807) is 48.1 Å². The highest BCUT2D eigenvalue weighted by Crippen LogP contribution is 2.35. The second kappa shape index (κ2) is 6.94. The molecule has 4 rings (SSSR count). The minimum Gasteiger partial charge on any atom is -0.481 e. The number of anilines is 1. The van der Waals surface area contributed by atoms with Crippen LogP contribution >= 0.6 is 0 Å². The summed E-state index contributed by atoms with van der Waals surface area (Å²) in [5, 5.41) is 2.73. The molecule has 0 radical (unpaired) electrons. The quantitative estimate of drug-likeness (QED) is 0.737. The lowest BCUT2D eigenvalue weighted by molar-refractivity contribution is -0.122. The summed E-state index contributed by atoms with van der Waals surface area (Å²) in [5.41, 5.74) is 0. The summed E-state index contributed by atoms with van der Waals surface area (Å²) in [6.07, 6.45) is 4.11. The molecule has 2 aromatic heterocycles. The molecule has 9 heteroatoms. The Bertz CT molecular complexity index is 987. The molecule has 0 spiro atoms. The fourth-order valence-corrected chi connectivity index (χ4v) is 2.60.